The molecule has 7 heteroatoms. The second-order valence-corrected chi connectivity index (χ2v) is 7.71. The molecule has 28 heavy (non-hydrogen) atoms. The quantitative estimate of drug-likeness (QED) is 0.801. The summed E-state index contributed by atoms with van der Waals surface area (Å²) in [7, 11) is 3.44. The Kier molecular flexibility index (Phi) is 6.19. The van der Waals surface area contributed by atoms with Crippen LogP contribution in [-0.4, -0.2) is 37.0 Å². The van der Waals surface area contributed by atoms with Crippen LogP contribution in [0.2, 0.25) is 5.02 Å². The van der Waals surface area contributed by atoms with Crippen LogP contribution in [0.4, 0.5) is 14.9 Å². The van der Waals surface area contributed by atoms with Gasteiger partial charge in [0.2, 0.25) is 5.91 Å². The molecule has 0 heterocycles. The largest absolute Gasteiger partial charge is 0.349 e. The molecule has 148 valence electrons. The van der Waals surface area contributed by atoms with E-state index in [1.165, 1.54) is 12.1 Å². The van der Waals surface area contributed by atoms with Gasteiger partial charge in [-0.3, -0.25) is 4.79 Å². The van der Waals surface area contributed by atoms with Gasteiger partial charge in [-0.1, -0.05) is 29.8 Å². The van der Waals surface area contributed by atoms with E-state index in [1.54, 1.807) is 55.4 Å². The number of halogens is 2. The monoisotopic (exact) mass is 403 g/mol. The van der Waals surface area contributed by atoms with Crippen molar-refractivity contribution in [2.45, 2.75) is 24.8 Å². The Bertz CT molecular complexity index is 857. The summed E-state index contributed by atoms with van der Waals surface area (Å²) in [5.74, 6) is -0.648. The highest BCUT2D eigenvalue weighted by molar-refractivity contribution is 6.30. The predicted molar refractivity (Wildman–Crippen MR) is 108 cm³/mol. The van der Waals surface area contributed by atoms with E-state index in [4.69, 9.17) is 11.6 Å². The lowest BCUT2D eigenvalue weighted by Gasteiger charge is -2.22. The van der Waals surface area contributed by atoms with Crippen molar-refractivity contribution in [3.63, 3.8) is 0 Å². The second-order valence-electron chi connectivity index (χ2n) is 7.27. The number of hydrogen-bond acceptors (Lipinski definition) is 2. The summed E-state index contributed by atoms with van der Waals surface area (Å²) in [4.78, 5) is 26.6. The third-order valence-corrected chi connectivity index (χ3v) is 5.27. The fourth-order valence-electron chi connectivity index (χ4n) is 3.76. The molecule has 0 radical (unpaired) electrons. The number of urea groups is 1. The second kappa shape index (κ2) is 8.61. The van der Waals surface area contributed by atoms with E-state index in [-0.39, 0.29) is 35.6 Å². The predicted octanol–water partition coefficient (Wildman–Crippen LogP) is 4.25. The van der Waals surface area contributed by atoms with Crippen LogP contribution in [0.25, 0.3) is 0 Å². The molecule has 0 unspecified atom stereocenters. The first-order chi connectivity index (χ1) is 13.3. The molecule has 1 aliphatic carbocycles. The summed E-state index contributed by atoms with van der Waals surface area (Å²) in [5, 5.41) is 6.24. The molecule has 3 amide bonds. The first-order valence-electron chi connectivity index (χ1n) is 9.13. The maximum Gasteiger partial charge on any atom is 0.319 e. The fraction of sp³-hybridized carbons (Fsp3) is 0.333. The van der Waals surface area contributed by atoms with E-state index >= 15 is 0 Å². The number of nitrogens with one attached hydrogen (secondary N) is 2. The Labute approximate surface area is 168 Å². The van der Waals surface area contributed by atoms with Crippen LogP contribution in [0.15, 0.2) is 48.5 Å². The maximum absolute atomic E-state index is 13.3. The van der Waals surface area contributed by atoms with Gasteiger partial charge in [0.15, 0.2) is 0 Å². The van der Waals surface area contributed by atoms with Crippen LogP contribution in [0.1, 0.15) is 24.3 Å². The average molecular weight is 404 g/mol. The molecule has 5 nitrogen and oxygen atoms in total. The average Bonchev–Trinajstić information content (AvgIpc) is 3.05. The van der Waals surface area contributed by atoms with Gasteiger partial charge in [0.05, 0.1) is 0 Å². The molecule has 0 saturated heterocycles. The highest BCUT2D eigenvalue weighted by Gasteiger charge is 2.40. The molecule has 1 saturated carbocycles. The molecule has 0 aromatic heterocycles. The topological polar surface area (TPSA) is 61.4 Å². The molecule has 1 aliphatic rings. The summed E-state index contributed by atoms with van der Waals surface area (Å²) < 4.78 is 13.3. The molecule has 0 aliphatic heterocycles. The third kappa shape index (κ3) is 4.81. The summed E-state index contributed by atoms with van der Waals surface area (Å²) in [6, 6.07) is 12.6. The van der Waals surface area contributed by atoms with E-state index in [2.05, 4.69) is 10.6 Å². The minimum atomic E-state index is -0.344. The van der Waals surface area contributed by atoms with Crippen LogP contribution in [0.3, 0.4) is 0 Å². The third-order valence-electron chi connectivity index (χ3n) is 5.04. The smallest absolute Gasteiger partial charge is 0.319 e. The molecule has 3 atom stereocenters. The summed E-state index contributed by atoms with van der Waals surface area (Å²) in [5.41, 5.74) is 1.50. The molecule has 2 N–H and O–H groups in total. The Morgan fingerprint density at radius 2 is 1.82 bits per heavy atom. The zero-order valence-electron chi connectivity index (χ0n) is 15.8. The van der Waals surface area contributed by atoms with Crippen molar-refractivity contribution < 1.29 is 14.0 Å². The number of amides is 3. The van der Waals surface area contributed by atoms with Gasteiger partial charge in [-0.2, -0.15) is 0 Å². The van der Waals surface area contributed by atoms with Crippen molar-refractivity contribution >= 4 is 29.2 Å². The first-order valence-corrected chi connectivity index (χ1v) is 9.51. The van der Waals surface area contributed by atoms with E-state index in [9.17, 15) is 14.0 Å². The van der Waals surface area contributed by atoms with E-state index in [0.29, 0.717) is 23.6 Å². The summed E-state index contributed by atoms with van der Waals surface area (Å²) >= 11 is 5.94. The van der Waals surface area contributed by atoms with Crippen LogP contribution in [-0.2, 0) is 4.79 Å². The molecular weight excluding hydrogens is 381 g/mol. The number of carbonyl (C=O) groups is 2. The first kappa shape index (κ1) is 20.1. The van der Waals surface area contributed by atoms with Crippen molar-refractivity contribution in [2.75, 3.05) is 19.4 Å². The Morgan fingerprint density at radius 1 is 1.11 bits per heavy atom. The van der Waals surface area contributed by atoms with Crippen molar-refractivity contribution in [1.82, 2.24) is 10.2 Å². The van der Waals surface area contributed by atoms with Crippen LogP contribution < -0.4 is 10.6 Å². The lowest BCUT2D eigenvalue weighted by Crippen LogP contribution is -2.37. The van der Waals surface area contributed by atoms with Gasteiger partial charge >= 0.3 is 6.03 Å². The normalized spacial score (nSPS) is 21.2. The van der Waals surface area contributed by atoms with Gasteiger partial charge in [-0.05, 0) is 54.7 Å². The minimum Gasteiger partial charge on any atom is -0.349 e. The molecule has 3 rings (SSSR count). The van der Waals surface area contributed by atoms with E-state index in [0.717, 1.165) is 5.56 Å². The van der Waals surface area contributed by atoms with Gasteiger partial charge in [0.1, 0.15) is 5.82 Å². The lowest BCUT2D eigenvalue weighted by atomic mass is 9.88. The molecule has 2 aromatic carbocycles. The summed E-state index contributed by atoms with van der Waals surface area (Å²) in [6.07, 6.45) is 1.14. The maximum atomic E-state index is 13.3. The van der Waals surface area contributed by atoms with Gasteiger partial charge in [0.25, 0.3) is 0 Å². The Balaban J connectivity index is 1.71. The van der Waals surface area contributed by atoms with Crippen molar-refractivity contribution in [3.8, 4) is 0 Å². The number of carbonyl (C=O) groups excluding carboxylic acids is 2. The number of rotatable bonds is 4. The van der Waals surface area contributed by atoms with Gasteiger partial charge in [0, 0.05) is 36.8 Å². The van der Waals surface area contributed by atoms with Crippen molar-refractivity contribution in [2.24, 2.45) is 5.92 Å². The number of benzene rings is 2. The SMILES string of the molecule is CN(C)C(=O)[C@H]1C[C@@H](NC(=O)Nc2cccc(Cl)c2)C[C@@H]1c1ccc(F)cc1. The fourth-order valence-corrected chi connectivity index (χ4v) is 3.95. The van der Waals surface area contributed by atoms with Crippen molar-refractivity contribution in [1.29, 1.82) is 0 Å². The number of hydrogen-bond donors (Lipinski definition) is 2. The zero-order valence-corrected chi connectivity index (χ0v) is 16.5. The number of nitrogens with zero attached hydrogens (tertiary/aromatic N) is 1. The Hall–Kier alpha value is -2.60. The van der Waals surface area contributed by atoms with Crippen LogP contribution >= 0.6 is 11.6 Å². The minimum absolute atomic E-state index is 0.00822. The lowest BCUT2D eigenvalue weighted by molar-refractivity contribution is -0.133. The molecule has 0 spiro atoms. The highest BCUT2D eigenvalue weighted by Crippen LogP contribution is 2.40. The highest BCUT2D eigenvalue weighted by atomic mass is 35.5. The number of anilines is 1. The zero-order chi connectivity index (χ0) is 20.3. The van der Waals surface area contributed by atoms with Gasteiger partial charge < -0.3 is 15.5 Å². The summed E-state index contributed by atoms with van der Waals surface area (Å²) in [6.45, 7) is 0. The Morgan fingerprint density at radius 3 is 2.46 bits per heavy atom. The van der Waals surface area contributed by atoms with E-state index in [1.807, 2.05) is 0 Å². The molecular formula is C21H23ClFN3O2. The van der Waals surface area contributed by atoms with E-state index < -0.39 is 0 Å². The van der Waals surface area contributed by atoms with Crippen LogP contribution in [0, 0.1) is 11.7 Å². The van der Waals surface area contributed by atoms with Crippen LogP contribution in [0.5, 0.6) is 0 Å². The van der Waals surface area contributed by atoms with Gasteiger partial charge in [-0.25, -0.2) is 9.18 Å². The molecule has 0 bridgehead atoms. The standard InChI is InChI=1S/C21H23ClFN3O2/c1-26(2)20(27)19-12-17(11-18(19)13-6-8-15(23)9-7-13)25-21(28)24-16-5-3-4-14(22)10-16/h3-10,17-19H,11-12H2,1-2H3,(H2,24,25,28)/t17-,18+,19-/m0/s1. The van der Waals surface area contributed by atoms with Gasteiger partial charge in [-0.15, -0.1) is 0 Å². The molecule has 1 fully saturated rings. The molecule has 2 aromatic rings. The van der Waals surface area contributed by atoms with Crippen molar-refractivity contribution in [3.05, 3.63) is 64.9 Å².